The highest BCUT2D eigenvalue weighted by molar-refractivity contribution is 9.10. The van der Waals surface area contributed by atoms with Gasteiger partial charge in [-0.15, -0.1) is 0 Å². The Kier molecular flexibility index (Phi) is 5.63. The van der Waals surface area contributed by atoms with Crippen LogP contribution in [0.25, 0.3) is 0 Å². The summed E-state index contributed by atoms with van der Waals surface area (Å²) >= 11 is 4.92. The van der Waals surface area contributed by atoms with E-state index in [1.165, 1.54) is 18.9 Å². The van der Waals surface area contributed by atoms with Crippen LogP contribution in [-0.2, 0) is 16.0 Å². The van der Waals surface area contributed by atoms with Crippen molar-refractivity contribution in [2.24, 2.45) is 0 Å². The average Bonchev–Trinajstić information content (AvgIpc) is 2.49. The minimum Gasteiger partial charge on any atom is -0.481 e. The SMILES string of the molecule is COC(=O)c1ccc(Sc2ccc(CC(=O)O)c(Br)c2)cc1. The maximum Gasteiger partial charge on any atom is 0.337 e. The number of carboxylic acids is 1. The second kappa shape index (κ2) is 7.47. The van der Waals surface area contributed by atoms with Gasteiger partial charge in [0.05, 0.1) is 19.1 Å². The molecule has 0 radical (unpaired) electrons. The van der Waals surface area contributed by atoms with Gasteiger partial charge in [0.2, 0.25) is 0 Å². The summed E-state index contributed by atoms with van der Waals surface area (Å²) in [5, 5.41) is 8.82. The summed E-state index contributed by atoms with van der Waals surface area (Å²) in [5.74, 6) is -1.23. The van der Waals surface area contributed by atoms with Crippen LogP contribution in [0.1, 0.15) is 15.9 Å². The normalized spacial score (nSPS) is 10.3. The van der Waals surface area contributed by atoms with Gasteiger partial charge in [0.25, 0.3) is 0 Å². The third-order valence-electron chi connectivity index (χ3n) is 2.88. The first-order chi connectivity index (χ1) is 10.5. The molecule has 114 valence electrons. The van der Waals surface area contributed by atoms with Crippen molar-refractivity contribution in [1.29, 1.82) is 0 Å². The maximum atomic E-state index is 11.4. The van der Waals surface area contributed by atoms with E-state index in [-0.39, 0.29) is 12.4 Å². The van der Waals surface area contributed by atoms with Crippen LogP contribution < -0.4 is 0 Å². The predicted molar refractivity (Wildman–Crippen MR) is 87.4 cm³/mol. The van der Waals surface area contributed by atoms with Crippen LogP contribution in [0.15, 0.2) is 56.7 Å². The quantitative estimate of drug-likeness (QED) is 0.793. The van der Waals surface area contributed by atoms with Gasteiger partial charge in [-0.3, -0.25) is 4.79 Å². The van der Waals surface area contributed by atoms with Gasteiger partial charge >= 0.3 is 11.9 Å². The number of rotatable bonds is 5. The minimum atomic E-state index is -0.862. The number of hydrogen-bond donors (Lipinski definition) is 1. The predicted octanol–water partition coefficient (Wildman–Crippen LogP) is 4.01. The smallest absolute Gasteiger partial charge is 0.337 e. The zero-order valence-corrected chi connectivity index (χ0v) is 14.1. The molecule has 0 aliphatic carbocycles. The molecule has 0 unspecified atom stereocenters. The third kappa shape index (κ3) is 4.35. The molecule has 0 spiro atoms. The molecular weight excluding hydrogens is 368 g/mol. The Labute approximate surface area is 140 Å². The van der Waals surface area contributed by atoms with Gasteiger partial charge in [0.15, 0.2) is 0 Å². The minimum absolute atomic E-state index is 0.0145. The van der Waals surface area contributed by atoms with Gasteiger partial charge in [0.1, 0.15) is 0 Å². The number of esters is 1. The standard InChI is InChI=1S/C16H13BrO4S/c1-21-16(20)10-2-5-12(6-3-10)22-13-7-4-11(8-15(18)19)14(17)9-13/h2-7,9H,8H2,1H3,(H,18,19). The molecular formula is C16H13BrO4S. The molecule has 2 rings (SSSR count). The van der Waals surface area contributed by atoms with Crippen molar-refractivity contribution in [2.75, 3.05) is 7.11 Å². The Morgan fingerprint density at radius 3 is 2.32 bits per heavy atom. The molecule has 2 aromatic rings. The molecule has 4 nitrogen and oxygen atoms in total. The molecule has 0 heterocycles. The Morgan fingerprint density at radius 2 is 1.77 bits per heavy atom. The van der Waals surface area contributed by atoms with Crippen molar-refractivity contribution in [1.82, 2.24) is 0 Å². The lowest BCUT2D eigenvalue weighted by Gasteiger charge is -2.06. The van der Waals surface area contributed by atoms with Gasteiger partial charge < -0.3 is 9.84 Å². The molecule has 0 saturated carbocycles. The Hall–Kier alpha value is -1.79. The fraction of sp³-hybridized carbons (Fsp3) is 0.125. The van der Waals surface area contributed by atoms with Crippen LogP contribution in [0.3, 0.4) is 0 Å². The molecule has 0 bridgehead atoms. The van der Waals surface area contributed by atoms with Crippen LogP contribution in [-0.4, -0.2) is 24.2 Å². The molecule has 0 saturated heterocycles. The van der Waals surface area contributed by atoms with E-state index in [0.29, 0.717) is 5.56 Å². The highest BCUT2D eigenvalue weighted by atomic mass is 79.9. The molecule has 2 aromatic carbocycles. The van der Waals surface area contributed by atoms with E-state index >= 15 is 0 Å². The van der Waals surface area contributed by atoms with Crippen molar-refractivity contribution < 1.29 is 19.4 Å². The molecule has 0 aliphatic rings. The highest BCUT2D eigenvalue weighted by Gasteiger charge is 2.08. The molecule has 0 amide bonds. The number of carboxylic acid groups (broad SMARTS) is 1. The van der Waals surface area contributed by atoms with Crippen molar-refractivity contribution in [3.63, 3.8) is 0 Å². The van der Waals surface area contributed by atoms with E-state index in [4.69, 9.17) is 5.11 Å². The van der Waals surface area contributed by atoms with Crippen molar-refractivity contribution >= 4 is 39.6 Å². The number of methoxy groups -OCH3 is 1. The lowest BCUT2D eigenvalue weighted by atomic mass is 10.1. The summed E-state index contributed by atoms with van der Waals surface area (Å²) in [5.41, 5.74) is 1.24. The number of carbonyl (C=O) groups is 2. The number of halogens is 1. The number of carbonyl (C=O) groups excluding carboxylic acids is 1. The number of hydrogen-bond acceptors (Lipinski definition) is 4. The van der Waals surface area contributed by atoms with E-state index in [1.54, 1.807) is 18.2 Å². The molecule has 0 atom stereocenters. The molecule has 0 aromatic heterocycles. The fourth-order valence-electron chi connectivity index (χ4n) is 1.81. The van der Waals surface area contributed by atoms with E-state index in [0.717, 1.165) is 19.8 Å². The number of benzene rings is 2. The van der Waals surface area contributed by atoms with E-state index in [2.05, 4.69) is 20.7 Å². The largest absolute Gasteiger partial charge is 0.481 e. The fourth-order valence-corrected chi connectivity index (χ4v) is 3.34. The Bertz CT molecular complexity index is 698. The summed E-state index contributed by atoms with van der Waals surface area (Å²) < 4.78 is 5.42. The van der Waals surface area contributed by atoms with E-state index < -0.39 is 5.97 Å². The Balaban J connectivity index is 2.12. The average molecular weight is 381 g/mol. The molecule has 0 fully saturated rings. The van der Waals surface area contributed by atoms with Gasteiger partial charge in [-0.2, -0.15) is 0 Å². The van der Waals surface area contributed by atoms with Gasteiger partial charge in [-0.05, 0) is 42.0 Å². The van der Waals surface area contributed by atoms with Crippen molar-refractivity contribution in [3.05, 3.63) is 58.1 Å². The number of ether oxygens (including phenoxy) is 1. The highest BCUT2D eigenvalue weighted by Crippen LogP contribution is 2.31. The third-order valence-corrected chi connectivity index (χ3v) is 4.61. The van der Waals surface area contributed by atoms with Crippen molar-refractivity contribution in [3.8, 4) is 0 Å². The van der Waals surface area contributed by atoms with Gasteiger partial charge in [-0.25, -0.2) is 4.79 Å². The van der Waals surface area contributed by atoms with Crippen LogP contribution in [0, 0.1) is 0 Å². The summed E-state index contributed by atoms with van der Waals surface area (Å²) in [6, 6.07) is 12.7. The van der Waals surface area contributed by atoms with Crippen LogP contribution in [0.4, 0.5) is 0 Å². The zero-order chi connectivity index (χ0) is 16.1. The molecule has 0 aliphatic heterocycles. The second-order valence-electron chi connectivity index (χ2n) is 4.44. The second-order valence-corrected chi connectivity index (χ2v) is 6.44. The summed E-state index contributed by atoms with van der Waals surface area (Å²) in [6.07, 6.45) is -0.0145. The first-order valence-electron chi connectivity index (χ1n) is 6.36. The zero-order valence-electron chi connectivity index (χ0n) is 11.7. The van der Waals surface area contributed by atoms with Gasteiger partial charge in [0, 0.05) is 14.3 Å². The van der Waals surface area contributed by atoms with Crippen LogP contribution >= 0.6 is 27.7 Å². The lowest BCUT2D eigenvalue weighted by Crippen LogP contribution is -2.00. The lowest BCUT2D eigenvalue weighted by molar-refractivity contribution is -0.136. The maximum absolute atomic E-state index is 11.4. The first-order valence-corrected chi connectivity index (χ1v) is 7.97. The Morgan fingerprint density at radius 1 is 1.14 bits per heavy atom. The van der Waals surface area contributed by atoms with Crippen molar-refractivity contribution in [2.45, 2.75) is 16.2 Å². The summed E-state index contributed by atoms with van der Waals surface area (Å²) in [4.78, 5) is 24.1. The monoisotopic (exact) mass is 380 g/mol. The summed E-state index contributed by atoms with van der Waals surface area (Å²) in [6.45, 7) is 0. The van der Waals surface area contributed by atoms with E-state index in [1.807, 2.05) is 24.3 Å². The molecule has 6 heteroatoms. The summed E-state index contributed by atoms with van der Waals surface area (Å²) in [7, 11) is 1.35. The van der Waals surface area contributed by atoms with Crippen LogP contribution in [0.5, 0.6) is 0 Å². The van der Waals surface area contributed by atoms with E-state index in [9.17, 15) is 9.59 Å². The first kappa shape index (κ1) is 16.6. The number of aliphatic carboxylic acids is 1. The molecule has 1 N–H and O–H groups in total. The van der Waals surface area contributed by atoms with Crippen LogP contribution in [0.2, 0.25) is 0 Å². The molecule has 22 heavy (non-hydrogen) atoms. The topological polar surface area (TPSA) is 63.6 Å². The van der Waals surface area contributed by atoms with Gasteiger partial charge in [-0.1, -0.05) is 33.8 Å².